The molecule has 1 saturated heterocycles. The SMILES string of the molecule is Cc1cc(SC(C)(C)C)ccc1NC(=O)N1CCN(Cc2ccccc2)CC1. The third kappa shape index (κ3) is 6.01. The van der Waals surface area contributed by atoms with Crippen LogP contribution in [-0.2, 0) is 6.54 Å². The van der Waals surface area contributed by atoms with Crippen LogP contribution in [0.2, 0.25) is 0 Å². The van der Waals surface area contributed by atoms with Crippen molar-refractivity contribution in [2.45, 2.75) is 43.9 Å². The van der Waals surface area contributed by atoms with E-state index in [0.29, 0.717) is 0 Å². The van der Waals surface area contributed by atoms with E-state index in [2.05, 4.69) is 74.3 Å². The van der Waals surface area contributed by atoms with Crippen LogP contribution in [-0.4, -0.2) is 46.8 Å². The second kappa shape index (κ2) is 9.01. The summed E-state index contributed by atoms with van der Waals surface area (Å²) >= 11 is 1.84. The van der Waals surface area contributed by atoms with E-state index in [0.717, 1.165) is 44.0 Å². The molecule has 0 bridgehead atoms. The minimum Gasteiger partial charge on any atom is -0.322 e. The maximum absolute atomic E-state index is 12.7. The van der Waals surface area contributed by atoms with Crippen LogP contribution in [0.3, 0.4) is 0 Å². The number of anilines is 1. The Hall–Kier alpha value is -1.98. The van der Waals surface area contributed by atoms with Crippen LogP contribution in [0.1, 0.15) is 31.9 Å². The van der Waals surface area contributed by atoms with Crippen molar-refractivity contribution in [1.82, 2.24) is 9.80 Å². The minimum atomic E-state index is -0.00122. The molecule has 0 aromatic heterocycles. The highest BCUT2D eigenvalue weighted by atomic mass is 32.2. The van der Waals surface area contributed by atoms with Gasteiger partial charge in [-0.15, -0.1) is 11.8 Å². The maximum Gasteiger partial charge on any atom is 0.321 e. The van der Waals surface area contributed by atoms with Gasteiger partial charge in [0.15, 0.2) is 0 Å². The fourth-order valence-electron chi connectivity index (χ4n) is 3.34. The Morgan fingerprint density at radius 2 is 1.71 bits per heavy atom. The Morgan fingerprint density at radius 3 is 2.32 bits per heavy atom. The lowest BCUT2D eigenvalue weighted by atomic mass is 10.2. The number of urea groups is 1. The van der Waals surface area contributed by atoms with Gasteiger partial charge in [0.2, 0.25) is 0 Å². The summed E-state index contributed by atoms with van der Waals surface area (Å²) in [5.74, 6) is 0. The largest absolute Gasteiger partial charge is 0.322 e. The Bertz CT molecular complexity index is 793. The molecule has 2 aromatic rings. The van der Waals surface area contributed by atoms with Gasteiger partial charge in [0, 0.05) is 48.1 Å². The standard InChI is InChI=1S/C23H31N3OS/c1-18-16-20(28-23(2,3)4)10-11-21(18)24-22(27)26-14-12-25(13-15-26)17-19-8-6-5-7-9-19/h5-11,16H,12-15,17H2,1-4H3,(H,24,27). The lowest BCUT2D eigenvalue weighted by Gasteiger charge is -2.34. The van der Waals surface area contributed by atoms with Gasteiger partial charge < -0.3 is 10.2 Å². The van der Waals surface area contributed by atoms with Crippen molar-refractivity contribution < 1.29 is 4.79 Å². The zero-order valence-corrected chi connectivity index (χ0v) is 18.2. The number of benzene rings is 2. The first-order valence-corrected chi connectivity index (χ1v) is 10.7. The normalized spacial score (nSPS) is 15.5. The summed E-state index contributed by atoms with van der Waals surface area (Å²) in [5.41, 5.74) is 3.32. The molecule has 0 atom stereocenters. The second-order valence-electron chi connectivity index (χ2n) is 8.37. The number of nitrogens with one attached hydrogen (secondary N) is 1. The molecule has 150 valence electrons. The molecule has 1 N–H and O–H groups in total. The average Bonchev–Trinajstić information content (AvgIpc) is 2.64. The maximum atomic E-state index is 12.7. The zero-order valence-electron chi connectivity index (χ0n) is 17.4. The van der Waals surface area contributed by atoms with Crippen molar-refractivity contribution in [2.75, 3.05) is 31.5 Å². The van der Waals surface area contributed by atoms with Gasteiger partial charge in [-0.05, 0) is 36.2 Å². The molecule has 4 nitrogen and oxygen atoms in total. The van der Waals surface area contributed by atoms with Crippen molar-refractivity contribution in [3.63, 3.8) is 0 Å². The first-order valence-electron chi connectivity index (χ1n) is 9.92. The summed E-state index contributed by atoms with van der Waals surface area (Å²) in [4.78, 5) is 18.2. The number of hydrogen-bond acceptors (Lipinski definition) is 3. The highest BCUT2D eigenvalue weighted by molar-refractivity contribution is 8.00. The summed E-state index contributed by atoms with van der Waals surface area (Å²) < 4.78 is 0.177. The van der Waals surface area contributed by atoms with Gasteiger partial charge in [-0.2, -0.15) is 0 Å². The van der Waals surface area contributed by atoms with Crippen molar-refractivity contribution in [2.24, 2.45) is 0 Å². The Kier molecular flexibility index (Phi) is 6.68. The summed E-state index contributed by atoms with van der Waals surface area (Å²) in [6, 6.07) is 16.8. The second-order valence-corrected chi connectivity index (χ2v) is 10.3. The Balaban J connectivity index is 1.52. The number of aryl methyl sites for hydroxylation is 1. The van der Waals surface area contributed by atoms with Crippen molar-refractivity contribution in [3.05, 3.63) is 59.7 Å². The van der Waals surface area contributed by atoms with E-state index in [4.69, 9.17) is 0 Å². The molecule has 5 heteroatoms. The van der Waals surface area contributed by atoms with Crippen LogP contribution < -0.4 is 5.32 Å². The Morgan fingerprint density at radius 1 is 1.04 bits per heavy atom. The average molecular weight is 398 g/mol. The van der Waals surface area contributed by atoms with Gasteiger partial charge in [0.05, 0.1) is 0 Å². The number of carbonyl (C=O) groups excluding carboxylic acids is 1. The fourth-order valence-corrected chi connectivity index (χ4v) is 4.42. The van der Waals surface area contributed by atoms with Crippen molar-refractivity contribution in [3.8, 4) is 0 Å². The predicted octanol–water partition coefficient (Wildman–Crippen LogP) is 5.24. The van der Waals surface area contributed by atoms with E-state index in [1.807, 2.05) is 28.8 Å². The molecule has 2 amide bonds. The van der Waals surface area contributed by atoms with Gasteiger partial charge >= 0.3 is 6.03 Å². The van der Waals surface area contributed by atoms with Crippen LogP contribution in [0.15, 0.2) is 53.4 Å². The number of thioether (sulfide) groups is 1. The van der Waals surface area contributed by atoms with Gasteiger partial charge in [-0.1, -0.05) is 51.1 Å². The molecule has 2 aromatic carbocycles. The third-order valence-electron chi connectivity index (χ3n) is 4.77. The molecule has 0 saturated carbocycles. The highest BCUT2D eigenvalue weighted by Gasteiger charge is 2.21. The van der Waals surface area contributed by atoms with Crippen LogP contribution in [0, 0.1) is 6.92 Å². The molecule has 1 aliphatic rings. The first-order chi connectivity index (χ1) is 13.3. The number of rotatable bonds is 4. The molecule has 1 aliphatic heterocycles. The number of hydrogen-bond donors (Lipinski definition) is 1. The van der Waals surface area contributed by atoms with Crippen molar-refractivity contribution >= 4 is 23.5 Å². The predicted molar refractivity (Wildman–Crippen MR) is 119 cm³/mol. The van der Waals surface area contributed by atoms with E-state index in [1.54, 1.807) is 0 Å². The molecule has 0 radical (unpaired) electrons. The zero-order chi connectivity index (χ0) is 20.1. The summed E-state index contributed by atoms with van der Waals surface area (Å²) in [6.07, 6.45) is 0. The first kappa shape index (κ1) is 20.7. The van der Waals surface area contributed by atoms with Crippen LogP contribution in [0.25, 0.3) is 0 Å². The molecule has 0 unspecified atom stereocenters. The third-order valence-corrected chi connectivity index (χ3v) is 5.87. The molecule has 0 aliphatic carbocycles. The van der Waals surface area contributed by atoms with Gasteiger partial charge in [0.1, 0.15) is 0 Å². The number of carbonyl (C=O) groups is 1. The lowest BCUT2D eigenvalue weighted by molar-refractivity contribution is 0.143. The molecular weight excluding hydrogens is 366 g/mol. The lowest BCUT2D eigenvalue weighted by Crippen LogP contribution is -2.49. The monoisotopic (exact) mass is 397 g/mol. The molecule has 28 heavy (non-hydrogen) atoms. The number of piperazine rings is 1. The summed E-state index contributed by atoms with van der Waals surface area (Å²) in [6.45, 7) is 13.0. The molecule has 0 spiro atoms. The fraction of sp³-hybridized carbons (Fsp3) is 0.435. The molecule has 1 heterocycles. The number of nitrogens with zero attached hydrogens (tertiary/aromatic N) is 2. The molecular formula is C23H31N3OS. The Labute approximate surface area is 173 Å². The van der Waals surface area contributed by atoms with E-state index in [1.165, 1.54) is 10.5 Å². The van der Waals surface area contributed by atoms with E-state index in [-0.39, 0.29) is 10.8 Å². The van der Waals surface area contributed by atoms with Gasteiger partial charge in [-0.3, -0.25) is 4.90 Å². The summed E-state index contributed by atoms with van der Waals surface area (Å²) in [7, 11) is 0. The van der Waals surface area contributed by atoms with Crippen LogP contribution in [0.5, 0.6) is 0 Å². The highest BCUT2D eigenvalue weighted by Crippen LogP contribution is 2.33. The number of amides is 2. The summed E-state index contributed by atoms with van der Waals surface area (Å²) in [5, 5.41) is 3.09. The van der Waals surface area contributed by atoms with Crippen LogP contribution in [0.4, 0.5) is 10.5 Å². The van der Waals surface area contributed by atoms with Crippen molar-refractivity contribution in [1.29, 1.82) is 0 Å². The molecule has 1 fully saturated rings. The van der Waals surface area contributed by atoms with Gasteiger partial charge in [-0.25, -0.2) is 4.79 Å². The van der Waals surface area contributed by atoms with E-state index >= 15 is 0 Å². The van der Waals surface area contributed by atoms with Crippen LogP contribution >= 0.6 is 11.8 Å². The smallest absolute Gasteiger partial charge is 0.321 e. The van der Waals surface area contributed by atoms with E-state index in [9.17, 15) is 4.79 Å². The quantitative estimate of drug-likeness (QED) is 0.717. The molecule has 3 rings (SSSR count). The van der Waals surface area contributed by atoms with Gasteiger partial charge in [0.25, 0.3) is 0 Å². The topological polar surface area (TPSA) is 35.6 Å². The van der Waals surface area contributed by atoms with E-state index < -0.39 is 0 Å². The minimum absolute atomic E-state index is 0.00122.